The highest BCUT2D eigenvalue weighted by Crippen LogP contribution is 2.64. The minimum atomic E-state index is -1.32. The fraction of sp³-hybridized carbons (Fsp3) is 0.316. The van der Waals surface area contributed by atoms with Gasteiger partial charge in [-0.15, -0.1) is 0 Å². The van der Waals surface area contributed by atoms with E-state index in [1.54, 1.807) is 6.92 Å². The first-order valence-corrected chi connectivity index (χ1v) is 15.7. The van der Waals surface area contributed by atoms with E-state index in [0.717, 1.165) is 16.7 Å². The van der Waals surface area contributed by atoms with Crippen LogP contribution >= 0.6 is 0 Å². The van der Waals surface area contributed by atoms with Gasteiger partial charge in [0.05, 0.1) is 23.9 Å². The number of likely N-dealkylation sites (tertiary alicyclic amines) is 1. The highest BCUT2D eigenvalue weighted by atomic mass is 16.5. The van der Waals surface area contributed by atoms with Crippen LogP contribution in [0.2, 0.25) is 0 Å². The molecular weight excluding hydrogens is 566 g/mol. The van der Waals surface area contributed by atoms with Crippen LogP contribution in [0.25, 0.3) is 5.57 Å². The van der Waals surface area contributed by atoms with E-state index in [4.69, 9.17) is 4.74 Å². The number of amides is 2. The van der Waals surface area contributed by atoms with Gasteiger partial charge in [0.2, 0.25) is 11.8 Å². The second-order valence-electron chi connectivity index (χ2n) is 12.3. The third-order valence-corrected chi connectivity index (χ3v) is 10.4. The van der Waals surface area contributed by atoms with Crippen LogP contribution in [0.15, 0.2) is 103 Å². The van der Waals surface area contributed by atoms with Crippen LogP contribution in [0, 0.1) is 23.7 Å². The van der Waals surface area contributed by atoms with E-state index in [0.29, 0.717) is 29.9 Å². The molecule has 4 aliphatic rings. The number of ketones is 2. The summed E-state index contributed by atoms with van der Waals surface area (Å²) in [6, 6.07) is 26.2. The fourth-order valence-electron chi connectivity index (χ4n) is 8.60. The van der Waals surface area contributed by atoms with Gasteiger partial charge in [0, 0.05) is 29.5 Å². The van der Waals surface area contributed by atoms with Crippen molar-refractivity contribution in [3.05, 3.63) is 119 Å². The first-order valence-electron chi connectivity index (χ1n) is 15.7. The topological polar surface area (TPSA) is 101 Å². The summed E-state index contributed by atoms with van der Waals surface area (Å²) in [5, 5.41) is 9.63. The number of rotatable bonds is 7. The Morgan fingerprint density at radius 1 is 0.867 bits per heavy atom. The Labute approximate surface area is 262 Å². The highest BCUT2D eigenvalue weighted by molar-refractivity contribution is 6.31. The van der Waals surface area contributed by atoms with Gasteiger partial charge in [-0.25, -0.2) is 0 Å². The number of Topliss-reactive ketones (excluding diaryl/α,β-unsaturated/α-hetero) is 1. The Morgan fingerprint density at radius 2 is 1.56 bits per heavy atom. The molecule has 3 aromatic carbocycles. The van der Waals surface area contributed by atoms with Gasteiger partial charge in [-0.3, -0.25) is 24.1 Å². The number of allylic oxidation sites excluding steroid dienone is 4. The van der Waals surface area contributed by atoms with Gasteiger partial charge in [0.15, 0.2) is 11.6 Å². The lowest BCUT2D eigenvalue weighted by atomic mass is 9.44. The van der Waals surface area contributed by atoms with Gasteiger partial charge < -0.3 is 9.84 Å². The summed E-state index contributed by atoms with van der Waals surface area (Å²) >= 11 is 0. The van der Waals surface area contributed by atoms with Gasteiger partial charge in [-0.1, -0.05) is 90.5 Å². The predicted octanol–water partition coefficient (Wildman–Crippen LogP) is 4.90. The first-order chi connectivity index (χ1) is 21.9. The maximum atomic E-state index is 15.0. The van der Waals surface area contributed by atoms with Crippen molar-refractivity contribution in [1.29, 1.82) is 0 Å². The number of fused-ring (bicyclic) bond motifs is 4. The Hall–Kier alpha value is -4.62. The molecule has 45 heavy (non-hydrogen) atoms. The molecule has 2 fully saturated rings. The van der Waals surface area contributed by atoms with E-state index < -0.39 is 35.0 Å². The van der Waals surface area contributed by atoms with Crippen LogP contribution in [-0.2, 0) is 24.6 Å². The van der Waals surface area contributed by atoms with Crippen molar-refractivity contribution >= 4 is 29.0 Å². The number of imide groups is 1. The minimum Gasteiger partial charge on any atom is -0.491 e. The molecule has 2 amide bonds. The maximum absolute atomic E-state index is 15.0. The smallest absolute Gasteiger partial charge is 0.233 e. The van der Waals surface area contributed by atoms with Gasteiger partial charge >= 0.3 is 0 Å². The Kier molecular flexibility index (Phi) is 7.37. The molecule has 1 saturated carbocycles. The minimum absolute atomic E-state index is 0.0576. The van der Waals surface area contributed by atoms with Gasteiger partial charge in [-0.05, 0) is 49.0 Å². The number of carbonyl (C=O) groups is 4. The average Bonchev–Trinajstić information content (AvgIpc) is 3.33. The zero-order chi connectivity index (χ0) is 31.3. The second kappa shape index (κ2) is 11.4. The summed E-state index contributed by atoms with van der Waals surface area (Å²) in [7, 11) is 0. The van der Waals surface area contributed by atoms with Crippen molar-refractivity contribution < 1.29 is 29.0 Å². The maximum Gasteiger partial charge on any atom is 0.233 e. The number of nitrogens with zero attached hydrogens (tertiary/aromatic N) is 1. The van der Waals surface area contributed by atoms with E-state index >= 15 is 4.79 Å². The number of carbonyl (C=O) groups excluding carboxylic acids is 4. The lowest BCUT2D eigenvalue weighted by Gasteiger charge is -2.55. The van der Waals surface area contributed by atoms with E-state index in [-0.39, 0.29) is 43.0 Å². The van der Waals surface area contributed by atoms with Gasteiger partial charge in [-0.2, -0.15) is 0 Å². The van der Waals surface area contributed by atoms with Crippen molar-refractivity contribution in [3.8, 4) is 5.75 Å². The number of para-hydroxylation sites is 1. The second-order valence-corrected chi connectivity index (χ2v) is 12.3. The SMILES string of the molecule is CCN1C(=O)C2CC=C3C(CC4C(=O)C(c5ccccc5)=CC(=O)C4(c4ccccc4)C3c3ccccc3OCCO)C2C1=O. The highest BCUT2D eigenvalue weighted by Gasteiger charge is 2.66. The Bertz CT molecular complexity index is 1740. The van der Waals surface area contributed by atoms with E-state index in [1.807, 2.05) is 84.9 Å². The molecule has 1 aliphatic heterocycles. The van der Waals surface area contributed by atoms with Crippen molar-refractivity contribution in [3.63, 3.8) is 0 Å². The molecule has 6 unspecified atom stereocenters. The Balaban J connectivity index is 1.52. The van der Waals surface area contributed by atoms with Crippen molar-refractivity contribution in [2.24, 2.45) is 23.7 Å². The lowest BCUT2D eigenvalue weighted by Crippen LogP contribution is -2.58. The molecule has 3 aliphatic carbocycles. The molecule has 7 rings (SSSR count). The molecule has 6 atom stereocenters. The summed E-state index contributed by atoms with van der Waals surface area (Å²) in [5.41, 5.74) is 2.06. The number of aliphatic hydroxyl groups excluding tert-OH is 1. The van der Waals surface area contributed by atoms with Crippen LogP contribution in [0.3, 0.4) is 0 Å². The number of aliphatic hydroxyl groups is 1. The van der Waals surface area contributed by atoms with Crippen LogP contribution in [-0.4, -0.2) is 53.1 Å². The van der Waals surface area contributed by atoms with Gasteiger partial charge in [0.25, 0.3) is 0 Å². The monoisotopic (exact) mass is 601 g/mol. The van der Waals surface area contributed by atoms with Crippen LogP contribution in [0.1, 0.15) is 42.4 Å². The number of hydrogen-bond donors (Lipinski definition) is 1. The Morgan fingerprint density at radius 3 is 2.27 bits per heavy atom. The lowest BCUT2D eigenvalue weighted by molar-refractivity contribution is -0.140. The zero-order valence-corrected chi connectivity index (χ0v) is 25.1. The van der Waals surface area contributed by atoms with Crippen molar-refractivity contribution in [2.75, 3.05) is 19.8 Å². The van der Waals surface area contributed by atoms with Gasteiger partial charge in [0.1, 0.15) is 12.4 Å². The molecule has 1 saturated heterocycles. The summed E-state index contributed by atoms with van der Waals surface area (Å²) in [6.45, 7) is 1.97. The van der Waals surface area contributed by atoms with E-state index in [2.05, 4.69) is 6.08 Å². The summed E-state index contributed by atoms with van der Waals surface area (Å²) in [4.78, 5) is 58.6. The summed E-state index contributed by atoms with van der Waals surface area (Å²) in [5.74, 6) is -3.14. The van der Waals surface area contributed by atoms with Crippen molar-refractivity contribution in [2.45, 2.75) is 31.1 Å². The van der Waals surface area contributed by atoms with E-state index in [1.165, 1.54) is 11.0 Å². The molecule has 0 radical (unpaired) electrons. The number of benzene rings is 3. The van der Waals surface area contributed by atoms with E-state index in [9.17, 15) is 19.5 Å². The fourth-order valence-corrected chi connectivity index (χ4v) is 8.60. The van der Waals surface area contributed by atoms with Crippen LogP contribution in [0.4, 0.5) is 0 Å². The standard InChI is InChI=1S/C38H35NO6/c1-2-39-36(43)27-18-17-25-29(33(27)37(39)44)21-30-35(42)28(23-11-5-3-6-12-23)22-32(41)38(30,24-13-7-4-8-14-24)34(25)26-15-9-10-16-31(26)45-20-19-40/h3-17,22,27,29-30,33-34,40H,2,18-21H2,1H3. The first kappa shape index (κ1) is 29.1. The average molecular weight is 602 g/mol. The molecule has 3 aromatic rings. The number of ether oxygens (including phenoxy) is 1. The molecule has 1 heterocycles. The third kappa shape index (κ3) is 4.28. The van der Waals surface area contributed by atoms with Crippen LogP contribution < -0.4 is 4.74 Å². The third-order valence-electron chi connectivity index (χ3n) is 10.4. The summed E-state index contributed by atoms with van der Waals surface area (Å²) < 4.78 is 6.07. The molecule has 7 heteroatoms. The molecule has 0 spiro atoms. The van der Waals surface area contributed by atoms with Crippen molar-refractivity contribution in [1.82, 2.24) is 4.90 Å². The quantitative estimate of drug-likeness (QED) is 0.306. The number of hydrogen-bond acceptors (Lipinski definition) is 6. The normalized spacial score (nSPS) is 29.0. The predicted molar refractivity (Wildman–Crippen MR) is 168 cm³/mol. The zero-order valence-electron chi connectivity index (χ0n) is 25.1. The molecule has 0 bridgehead atoms. The molecule has 0 aromatic heterocycles. The summed E-state index contributed by atoms with van der Waals surface area (Å²) in [6.07, 6.45) is 4.22. The largest absolute Gasteiger partial charge is 0.491 e. The molecule has 1 N–H and O–H groups in total. The molecule has 228 valence electrons. The van der Waals surface area contributed by atoms with Crippen LogP contribution in [0.5, 0.6) is 5.75 Å². The molecule has 7 nitrogen and oxygen atoms in total. The molecular formula is C38H35NO6.